The minimum Gasteiger partial charge on any atom is -0.489 e. The maximum absolute atomic E-state index is 14.2. The van der Waals surface area contributed by atoms with Crippen LogP contribution in [0.1, 0.15) is 19.5 Å². The van der Waals surface area contributed by atoms with Gasteiger partial charge in [0.1, 0.15) is 17.3 Å². The van der Waals surface area contributed by atoms with Gasteiger partial charge in [0, 0.05) is 12.1 Å². The highest BCUT2D eigenvalue weighted by molar-refractivity contribution is 6.32. The Morgan fingerprint density at radius 3 is 2.46 bits per heavy atom. The standard InChI is InChI=1S/C14H12Cl2F3N3O2/c1-6(2)24-10-4-9(8(17)3-7(10)15)22-12(23)5-11(14(16,18)19)21-13(22)20/h3-6H,1-2H3,(H2,20,21). The van der Waals surface area contributed by atoms with Crippen molar-refractivity contribution in [3.8, 4) is 11.4 Å². The van der Waals surface area contributed by atoms with Crippen molar-refractivity contribution in [1.29, 1.82) is 0 Å². The Hall–Kier alpha value is -1.93. The Balaban J connectivity index is 2.66. The second-order valence-corrected chi connectivity index (χ2v) is 5.95. The molecule has 1 heterocycles. The smallest absolute Gasteiger partial charge is 0.365 e. The van der Waals surface area contributed by atoms with Gasteiger partial charge in [-0.25, -0.2) is 13.9 Å². The highest BCUT2D eigenvalue weighted by Crippen LogP contribution is 2.32. The highest BCUT2D eigenvalue weighted by Gasteiger charge is 2.31. The van der Waals surface area contributed by atoms with Crippen molar-refractivity contribution in [3.63, 3.8) is 0 Å². The summed E-state index contributed by atoms with van der Waals surface area (Å²) in [7, 11) is 0. The van der Waals surface area contributed by atoms with E-state index in [1.165, 1.54) is 0 Å². The van der Waals surface area contributed by atoms with Gasteiger partial charge >= 0.3 is 5.38 Å². The van der Waals surface area contributed by atoms with Gasteiger partial charge in [0.25, 0.3) is 5.56 Å². The molecule has 2 aromatic rings. The van der Waals surface area contributed by atoms with Crippen LogP contribution in [0.5, 0.6) is 5.75 Å². The van der Waals surface area contributed by atoms with Crippen molar-refractivity contribution < 1.29 is 17.9 Å². The third kappa shape index (κ3) is 3.76. The van der Waals surface area contributed by atoms with E-state index in [4.69, 9.17) is 33.7 Å². The molecule has 0 aliphatic heterocycles. The number of nitrogens with zero attached hydrogens (tertiary/aromatic N) is 2. The van der Waals surface area contributed by atoms with Gasteiger partial charge in [0.05, 0.1) is 16.8 Å². The van der Waals surface area contributed by atoms with Gasteiger partial charge in [-0.1, -0.05) is 11.6 Å². The van der Waals surface area contributed by atoms with Crippen molar-refractivity contribution in [2.24, 2.45) is 0 Å². The summed E-state index contributed by atoms with van der Waals surface area (Å²) >= 11 is 10.7. The first-order chi connectivity index (χ1) is 11.0. The number of benzene rings is 1. The van der Waals surface area contributed by atoms with Crippen LogP contribution in [0.4, 0.5) is 19.1 Å². The summed E-state index contributed by atoms with van der Waals surface area (Å²) in [6.07, 6.45) is -0.273. The Morgan fingerprint density at radius 2 is 1.96 bits per heavy atom. The maximum Gasteiger partial charge on any atom is 0.365 e. The summed E-state index contributed by atoms with van der Waals surface area (Å²) in [5.41, 5.74) is 3.13. The van der Waals surface area contributed by atoms with Crippen LogP contribution >= 0.6 is 23.2 Å². The number of hydrogen-bond donors (Lipinski definition) is 1. The summed E-state index contributed by atoms with van der Waals surface area (Å²) in [6.45, 7) is 3.44. The summed E-state index contributed by atoms with van der Waals surface area (Å²) in [4.78, 5) is 15.4. The van der Waals surface area contributed by atoms with Gasteiger partial charge in [-0.15, -0.1) is 0 Å². The summed E-state index contributed by atoms with van der Waals surface area (Å²) < 4.78 is 46.4. The van der Waals surface area contributed by atoms with Crippen LogP contribution in [0.2, 0.25) is 5.02 Å². The lowest BCUT2D eigenvalue weighted by Gasteiger charge is -2.16. The third-order valence-electron chi connectivity index (χ3n) is 2.84. The number of nitrogens with two attached hydrogens (primary N) is 1. The van der Waals surface area contributed by atoms with Gasteiger partial charge in [0.2, 0.25) is 5.95 Å². The Bertz CT molecular complexity index is 835. The Kier molecular flexibility index (Phi) is 5.00. The summed E-state index contributed by atoms with van der Waals surface area (Å²) in [5.74, 6) is -1.47. The van der Waals surface area contributed by atoms with Crippen molar-refractivity contribution in [1.82, 2.24) is 9.55 Å². The average Bonchev–Trinajstić information content (AvgIpc) is 2.41. The van der Waals surface area contributed by atoms with E-state index in [1.54, 1.807) is 13.8 Å². The zero-order valence-electron chi connectivity index (χ0n) is 12.5. The van der Waals surface area contributed by atoms with E-state index in [-0.39, 0.29) is 22.6 Å². The van der Waals surface area contributed by atoms with E-state index in [0.717, 1.165) is 12.1 Å². The van der Waals surface area contributed by atoms with Gasteiger partial charge in [-0.05, 0) is 31.5 Å². The fraction of sp³-hybridized carbons (Fsp3) is 0.286. The van der Waals surface area contributed by atoms with Crippen LogP contribution in [0.25, 0.3) is 5.69 Å². The maximum atomic E-state index is 14.2. The lowest BCUT2D eigenvalue weighted by atomic mass is 10.2. The van der Waals surface area contributed by atoms with E-state index in [2.05, 4.69) is 4.98 Å². The molecule has 1 aromatic carbocycles. The first kappa shape index (κ1) is 18.4. The van der Waals surface area contributed by atoms with Gasteiger partial charge in [-0.3, -0.25) is 4.79 Å². The second-order valence-electron chi connectivity index (χ2n) is 5.07. The molecule has 0 atom stereocenters. The summed E-state index contributed by atoms with van der Waals surface area (Å²) in [6, 6.07) is 2.53. The minimum atomic E-state index is -3.88. The van der Waals surface area contributed by atoms with E-state index in [1.807, 2.05) is 0 Å². The number of anilines is 1. The van der Waals surface area contributed by atoms with E-state index >= 15 is 0 Å². The number of alkyl halides is 3. The second kappa shape index (κ2) is 6.52. The molecule has 0 aliphatic rings. The van der Waals surface area contributed by atoms with Gasteiger partial charge < -0.3 is 10.5 Å². The van der Waals surface area contributed by atoms with Crippen LogP contribution in [0.15, 0.2) is 23.0 Å². The zero-order chi connectivity index (χ0) is 18.2. The van der Waals surface area contributed by atoms with Crippen LogP contribution in [0.3, 0.4) is 0 Å². The average molecular weight is 382 g/mol. The lowest BCUT2D eigenvalue weighted by molar-refractivity contribution is 0.0897. The monoisotopic (exact) mass is 381 g/mol. The zero-order valence-corrected chi connectivity index (χ0v) is 14.0. The number of hydrogen-bond acceptors (Lipinski definition) is 4. The molecule has 0 spiro atoms. The van der Waals surface area contributed by atoms with Gasteiger partial charge in [0.15, 0.2) is 0 Å². The fourth-order valence-electron chi connectivity index (χ4n) is 1.92. The molecule has 24 heavy (non-hydrogen) atoms. The van der Waals surface area contributed by atoms with E-state index < -0.39 is 28.4 Å². The van der Waals surface area contributed by atoms with E-state index in [0.29, 0.717) is 10.6 Å². The predicted molar refractivity (Wildman–Crippen MR) is 84.7 cm³/mol. The highest BCUT2D eigenvalue weighted by atomic mass is 35.5. The Morgan fingerprint density at radius 1 is 1.33 bits per heavy atom. The molecule has 2 N–H and O–H groups in total. The molecule has 1 aromatic heterocycles. The minimum absolute atomic E-state index is 0.0200. The quantitative estimate of drug-likeness (QED) is 0.820. The molecule has 5 nitrogen and oxygen atoms in total. The number of ether oxygens (including phenoxy) is 1. The molecule has 0 bridgehead atoms. The molecule has 0 amide bonds. The van der Waals surface area contributed by atoms with Crippen LogP contribution < -0.4 is 16.0 Å². The molecular formula is C14H12Cl2F3N3O2. The van der Waals surface area contributed by atoms with Crippen LogP contribution in [-0.4, -0.2) is 15.7 Å². The van der Waals surface area contributed by atoms with E-state index in [9.17, 15) is 18.0 Å². The topological polar surface area (TPSA) is 70.1 Å². The molecular weight excluding hydrogens is 370 g/mol. The number of nitrogen functional groups attached to an aromatic ring is 1. The molecule has 2 rings (SSSR count). The summed E-state index contributed by atoms with van der Waals surface area (Å²) in [5, 5.41) is -3.90. The molecule has 0 unspecified atom stereocenters. The third-order valence-corrected chi connectivity index (χ3v) is 3.33. The molecule has 130 valence electrons. The molecule has 0 radical (unpaired) electrons. The predicted octanol–water partition coefficient (Wildman–Crippen LogP) is 3.68. The first-order valence-electron chi connectivity index (χ1n) is 6.63. The van der Waals surface area contributed by atoms with Gasteiger partial charge in [-0.2, -0.15) is 8.78 Å². The first-order valence-corrected chi connectivity index (χ1v) is 7.39. The number of rotatable bonds is 4. The van der Waals surface area contributed by atoms with Crippen molar-refractivity contribution in [2.45, 2.75) is 25.3 Å². The molecule has 0 saturated carbocycles. The number of aromatic nitrogens is 2. The molecule has 0 aliphatic carbocycles. The van der Waals surface area contributed by atoms with Crippen molar-refractivity contribution >= 4 is 29.2 Å². The SMILES string of the molecule is CC(C)Oc1cc(-n2c(N)nc(C(F)(F)Cl)cc2=O)c(F)cc1Cl. The largest absolute Gasteiger partial charge is 0.489 e. The van der Waals surface area contributed by atoms with Crippen molar-refractivity contribution in [3.05, 3.63) is 45.1 Å². The molecule has 0 saturated heterocycles. The molecule has 0 fully saturated rings. The lowest BCUT2D eigenvalue weighted by Crippen LogP contribution is -2.26. The van der Waals surface area contributed by atoms with Crippen LogP contribution in [-0.2, 0) is 5.38 Å². The normalized spacial score (nSPS) is 11.8. The molecule has 10 heteroatoms. The number of halogens is 5. The van der Waals surface area contributed by atoms with Crippen LogP contribution in [0, 0.1) is 5.82 Å². The Labute approximate surface area is 144 Å². The fourth-order valence-corrected chi connectivity index (χ4v) is 2.21. The van der Waals surface area contributed by atoms with Crippen molar-refractivity contribution in [2.75, 3.05) is 5.73 Å².